The first-order valence-electron chi connectivity index (χ1n) is 10.1. The van der Waals surface area contributed by atoms with Gasteiger partial charge in [-0.2, -0.15) is 18.2 Å². The van der Waals surface area contributed by atoms with E-state index < -0.39 is 17.6 Å². The molecular formula is C23H23F3N4O3. The molecule has 174 valence electrons. The van der Waals surface area contributed by atoms with E-state index in [9.17, 15) is 22.8 Å². The summed E-state index contributed by atoms with van der Waals surface area (Å²) >= 11 is 0. The lowest BCUT2D eigenvalue weighted by atomic mass is 9.96. The third-order valence-corrected chi connectivity index (χ3v) is 4.60. The van der Waals surface area contributed by atoms with E-state index in [-0.39, 0.29) is 41.1 Å². The normalized spacial score (nSPS) is 11.8. The quantitative estimate of drug-likeness (QED) is 0.526. The van der Waals surface area contributed by atoms with Crippen LogP contribution >= 0.6 is 0 Å². The second-order valence-electron chi connectivity index (χ2n) is 8.39. The molecule has 0 atom stereocenters. The summed E-state index contributed by atoms with van der Waals surface area (Å²) < 4.78 is 43.9. The smallest absolute Gasteiger partial charge is 0.339 e. The van der Waals surface area contributed by atoms with E-state index >= 15 is 0 Å². The van der Waals surface area contributed by atoms with Crippen LogP contribution in [0.2, 0.25) is 0 Å². The summed E-state index contributed by atoms with van der Waals surface area (Å²) in [6, 6.07) is 10.5. The van der Waals surface area contributed by atoms with E-state index in [2.05, 4.69) is 20.8 Å². The van der Waals surface area contributed by atoms with Crippen LogP contribution in [-0.4, -0.2) is 22.0 Å². The zero-order valence-electron chi connectivity index (χ0n) is 18.3. The fourth-order valence-electron chi connectivity index (χ4n) is 2.86. The third kappa shape index (κ3) is 6.41. The molecular weight excluding hydrogens is 437 g/mol. The largest absolute Gasteiger partial charge is 0.416 e. The van der Waals surface area contributed by atoms with E-state index in [1.54, 1.807) is 12.1 Å². The van der Waals surface area contributed by atoms with E-state index in [0.29, 0.717) is 11.7 Å². The number of hydrogen-bond donors (Lipinski definition) is 2. The topological polar surface area (TPSA) is 97.1 Å². The van der Waals surface area contributed by atoms with Crippen molar-refractivity contribution in [1.82, 2.24) is 10.1 Å². The maximum atomic E-state index is 12.9. The van der Waals surface area contributed by atoms with Crippen LogP contribution in [0.4, 0.5) is 24.5 Å². The molecule has 33 heavy (non-hydrogen) atoms. The summed E-state index contributed by atoms with van der Waals surface area (Å²) in [6.45, 7) is 5.82. The number of carbonyl (C=O) groups excluding carboxylic acids is 2. The van der Waals surface area contributed by atoms with Gasteiger partial charge in [-0.1, -0.05) is 44.1 Å². The highest BCUT2D eigenvalue weighted by atomic mass is 19.4. The minimum absolute atomic E-state index is 0.0120. The van der Waals surface area contributed by atoms with Gasteiger partial charge in [-0.15, -0.1) is 0 Å². The van der Waals surface area contributed by atoms with Crippen molar-refractivity contribution in [2.75, 3.05) is 10.6 Å². The number of rotatable bonds is 6. The van der Waals surface area contributed by atoms with E-state index in [1.165, 1.54) is 24.3 Å². The number of nitrogens with zero attached hydrogens (tertiary/aromatic N) is 2. The molecule has 2 amide bonds. The Morgan fingerprint density at radius 1 is 1.00 bits per heavy atom. The number of benzene rings is 2. The molecule has 0 fully saturated rings. The Kier molecular flexibility index (Phi) is 6.85. The summed E-state index contributed by atoms with van der Waals surface area (Å²) in [5.41, 5.74) is -0.834. The van der Waals surface area contributed by atoms with Crippen molar-refractivity contribution in [3.63, 3.8) is 0 Å². The first-order valence-corrected chi connectivity index (χ1v) is 10.1. The first kappa shape index (κ1) is 24.0. The molecule has 0 radical (unpaired) electrons. The number of alkyl halides is 3. The van der Waals surface area contributed by atoms with Gasteiger partial charge in [0.15, 0.2) is 5.82 Å². The van der Waals surface area contributed by atoms with Crippen molar-refractivity contribution < 1.29 is 27.3 Å². The number of halogens is 3. The molecule has 0 saturated carbocycles. The van der Waals surface area contributed by atoms with E-state index in [0.717, 1.165) is 12.1 Å². The monoisotopic (exact) mass is 460 g/mol. The van der Waals surface area contributed by atoms with Gasteiger partial charge < -0.3 is 15.2 Å². The highest BCUT2D eigenvalue weighted by Crippen LogP contribution is 2.31. The molecule has 7 nitrogen and oxygen atoms in total. The second kappa shape index (κ2) is 9.43. The fourth-order valence-corrected chi connectivity index (χ4v) is 2.86. The summed E-state index contributed by atoms with van der Waals surface area (Å²) in [5.74, 6) is -0.179. The predicted molar refractivity (Wildman–Crippen MR) is 116 cm³/mol. The van der Waals surface area contributed by atoms with Gasteiger partial charge in [0.25, 0.3) is 5.91 Å². The minimum Gasteiger partial charge on any atom is -0.339 e. The molecule has 2 aromatic carbocycles. The molecule has 0 aliphatic carbocycles. The van der Waals surface area contributed by atoms with Crippen molar-refractivity contribution in [1.29, 1.82) is 0 Å². The summed E-state index contributed by atoms with van der Waals surface area (Å²) in [7, 11) is 0. The van der Waals surface area contributed by atoms with Crippen LogP contribution in [0.1, 0.15) is 54.8 Å². The van der Waals surface area contributed by atoms with Crippen molar-refractivity contribution in [2.24, 2.45) is 0 Å². The lowest BCUT2D eigenvalue weighted by molar-refractivity contribution is -0.137. The summed E-state index contributed by atoms with van der Waals surface area (Å²) in [4.78, 5) is 29.4. The maximum Gasteiger partial charge on any atom is 0.416 e. The molecule has 0 unspecified atom stereocenters. The number of amides is 2. The zero-order valence-corrected chi connectivity index (χ0v) is 18.3. The molecule has 1 aromatic heterocycles. The Bertz CT molecular complexity index is 1150. The molecule has 0 aliphatic rings. The molecule has 0 spiro atoms. The van der Waals surface area contributed by atoms with Crippen molar-refractivity contribution in [3.8, 4) is 0 Å². The average molecular weight is 460 g/mol. The van der Waals surface area contributed by atoms with E-state index in [4.69, 9.17) is 4.52 Å². The van der Waals surface area contributed by atoms with Gasteiger partial charge in [-0.25, -0.2) is 0 Å². The van der Waals surface area contributed by atoms with Gasteiger partial charge in [0.2, 0.25) is 11.8 Å². The first-order chi connectivity index (χ1) is 15.4. The van der Waals surface area contributed by atoms with Gasteiger partial charge in [0, 0.05) is 23.9 Å². The van der Waals surface area contributed by atoms with E-state index in [1.807, 2.05) is 20.8 Å². The van der Waals surface area contributed by atoms with Gasteiger partial charge in [0.05, 0.1) is 16.8 Å². The summed E-state index contributed by atoms with van der Waals surface area (Å²) in [5, 5.41) is 8.99. The second-order valence-corrected chi connectivity index (χ2v) is 8.39. The highest BCUT2D eigenvalue weighted by molar-refractivity contribution is 6.10. The number of carbonyl (C=O) groups is 2. The van der Waals surface area contributed by atoms with Crippen LogP contribution in [0.5, 0.6) is 0 Å². The Morgan fingerprint density at radius 3 is 2.39 bits per heavy atom. The van der Waals surface area contributed by atoms with Crippen LogP contribution < -0.4 is 10.6 Å². The Hall–Kier alpha value is -3.69. The maximum absolute atomic E-state index is 12.9. The number of para-hydroxylation sites is 1. The molecule has 1 heterocycles. The Morgan fingerprint density at radius 2 is 1.73 bits per heavy atom. The number of nitrogens with one attached hydrogen (secondary N) is 2. The minimum atomic E-state index is -4.53. The lowest BCUT2D eigenvalue weighted by Crippen LogP contribution is -2.19. The Labute approximate surface area is 188 Å². The van der Waals surface area contributed by atoms with Gasteiger partial charge >= 0.3 is 6.18 Å². The van der Waals surface area contributed by atoms with Gasteiger partial charge in [-0.05, 0) is 30.3 Å². The predicted octanol–water partition coefficient (Wildman–Crippen LogP) is 5.21. The fraction of sp³-hybridized carbons (Fsp3) is 0.304. The van der Waals surface area contributed by atoms with Crippen LogP contribution in [0.3, 0.4) is 0 Å². The molecule has 0 saturated heterocycles. The number of aromatic nitrogens is 2. The molecule has 2 N–H and O–H groups in total. The molecule has 10 heteroatoms. The van der Waals surface area contributed by atoms with Crippen molar-refractivity contribution in [3.05, 3.63) is 71.4 Å². The Balaban J connectivity index is 1.66. The SMILES string of the molecule is CC(C)(C)c1noc(CCC(=O)Nc2ccccc2C(=O)Nc2cccc(C(F)(F)F)c2)n1. The third-order valence-electron chi connectivity index (χ3n) is 4.60. The highest BCUT2D eigenvalue weighted by Gasteiger charge is 2.30. The lowest BCUT2D eigenvalue weighted by Gasteiger charge is -2.13. The van der Waals surface area contributed by atoms with Gasteiger partial charge in [0.1, 0.15) is 0 Å². The summed E-state index contributed by atoms with van der Waals surface area (Å²) in [6.07, 6.45) is -4.28. The van der Waals surface area contributed by atoms with Crippen LogP contribution in [0.15, 0.2) is 53.1 Å². The number of aryl methyl sites for hydroxylation is 1. The van der Waals surface area contributed by atoms with Gasteiger partial charge in [-0.3, -0.25) is 9.59 Å². The van der Waals surface area contributed by atoms with Crippen molar-refractivity contribution in [2.45, 2.75) is 45.2 Å². The van der Waals surface area contributed by atoms with Crippen LogP contribution in [0, 0.1) is 0 Å². The molecule has 3 aromatic rings. The molecule has 0 bridgehead atoms. The van der Waals surface area contributed by atoms with Crippen molar-refractivity contribution >= 4 is 23.2 Å². The number of anilines is 2. The van der Waals surface area contributed by atoms with Crippen LogP contribution in [0.25, 0.3) is 0 Å². The number of hydrogen-bond acceptors (Lipinski definition) is 5. The van der Waals surface area contributed by atoms with Crippen LogP contribution in [-0.2, 0) is 22.8 Å². The molecule has 0 aliphatic heterocycles. The zero-order chi connectivity index (χ0) is 24.2. The standard InChI is InChI=1S/C23H23F3N4O3/c1-22(2,3)21-29-19(33-30-21)12-11-18(31)28-17-10-5-4-9-16(17)20(32)27-15-8-6-7-14(13-15)23(24,25)26/h4-10,13H,11-12H2,1-3H3,(H,27,32)(H,28,31). The molecule has 3 rings (SSSR count). The average Bonchev–Trinajstić information content (AvgIpc) is 3.22.